The molecule has 0 saturated heterocycles. The van der Waals surface area contributed by atoms with Crippen LogP contribution in [0, 0.1) is 0 Å². The van der Waals surface area contributed by atoms with Crippen LogP contribution in [-0.4, -0.2) is 18.8 Å². The van der Waals surface area contributed by atoms with E-state index in [4.69, 9.17) is 15.2 Å². The number of hydrogen-bond donors (Lipinski definition) is 1. The Kier molecular flexibility index (Phi) is 2.57. The van der Waals surface area contributed by atoms with E-state index in [9.17, 15) is 0 Å². The largest absolute Gasteiger partial charge is 0.486 e. The second-order valence-corrected chi connectivity index (χ2v) is 4.64. The lowest BCUT2D eigenvalue weighted by Gasteiger charge is -2.22. The first-order valence-electron chi connectivity index (χ1n) is 5.22. The lowest BCUT2D eigenvalue weighted by Crippen LogP contribution is -2.34. The molecule has 2 rings (SSSR count). The highest BCUT2D eigenvalue weighted by Gasteiger charge is 2.15. The quantitative estimate of drug-likeness (QED) is 0.803. The van der Waals surface area contributed by atoms with Gasteiger partial charge in [0, 0.05) is 5.54 Å². The Labute approximate surface area is 90.2 Å². The third-order valence-corrected chi connectivity index (χ3v) is 2.27. The van der Waals surface area contributed by atoms with E-state index in [0.29, 0.717) is 13.2 Å². The number of benzene rings is 1. The molecule has 0 amide bonds. The van der Waals surface area contributed by atoms with Gasteiger partial charge in [0.25, 0.3) is 0 Å². The van der Waals surface area contributed by atoms with Gasteiger partial charge in [0.15, 0.2) is 11.5 Å². The first kappa shape index (κ1) is 10.3. The molecule has 2 N–H and O–H groups in total. The van der Waals surface area contributed by atoms with E-state index in [-0.39, 0.29) is 5.54 Å². The molecule has 3 heteroatoms. The molecule has 0 radical (unpaired) electrons. The number of hydrogen-bond acceptors (Lipinski definition) is 3. The minimum absolute atomic E-state index is 0.191. The summed E-state index contributed by atoms with van der Waals surface area (Å²) < 4.78 is 11.0. The summed E-state index contributed by atoms with van der Waals surface area (Å²) in [5, 5.41) is 0. The van der Waals surface area contributed by atoms with Crippen LogP contribution < -0.4 is 15.2 Å². The van der Waals surface area contributed by atoms with Crippen molar-refractivity contribution >= 4 is 0 Å². The maximum absolute atomic E-state index is 5.97. The summed E-state index contributed by atoms with van der Waals surface area (Å²) in [7, 11) is 0. The van der Waals surface area contributed by atoms with Gasteiger partial charge in [0.1, 0.15) is 13.2 Å². The summed E-state index contributed by atoms with van der Waals surface area (Å²) >= 11 is 0. The standard InChI is InChI=1S/C12H17NO2/c1-12(2,13)8-9-3-4-10-11(7-9)15-6-5-14-10/h3-4,7H,5-6,8,13H2,1-2H3. The molecule has 1 aromatic carbocycles. The van der Waals surface area contributed by atoms with Gasteiger partial charge in [-0.05, 0) is 38.0 Å². The average molecular weight is 207 g/mol. The third-order valence-electron chi connectivity index (χ3n) is 2.27. The Morgan fingerprint density at radius 2 is 1.87 bits per heavy atom. The molecule has 0 saturated carbocycles. The van der Waals surface area contributed by atoms with Crippen molar-refractivity contribution in [1.82, 2.24) is 0 Å². The minimum Gasteiger partial charge on any atom is -0.486 e. The normalized spacial score (nSPS) is 15.1. The van der Waals surface area contributed by atoms with E-state index in [2.05, 4.69) is 0 Å². The Balaban J connectivity index is 2.21. The van der Waals surface area contributed by atoms with Gasteiger partial charge in [-0.3, -0.25) is 0 Å². The van der Waals surface area contributed by atoms with Crippen LogP contribution in [-0.2, 0) is 6.42 Å². The monoisotopic (exact) mass is 207 g/mol. The van der Waals surface area contributed by atoms with Crippen molar-refractivity contribution in [2.24, 2.45) is 5.73 Å². The van der Waals surface area contributed by atoms with E-state index in [0.717, 1.165) is 17.9 Å². The summed E-state index contributed by atoms with van der Waals surface area (Å²) in [6.45, 7) is 5.30. The van der Waals surface area contributed by atoms with Gasteiger partial charge in [0.05, 0.1) is 0 Å². The maximum Gasteiger partial charge on any atom is 0.161 e. The third kappa shape index (κ3) is 2.63. The molecular weight excluding hydrogens is 190 g/mol. The lowest BCUT2D eigenvalue weighted by molar-refractivity contribution is 0.171. The zero-order chi connectivity index (χ0) is 10.9. The summed E-state index contributed by atoms with van der Waals surface area (Å²) in [5.41, 5.74) is 6.97. The number of rotatable bonds is 2. The van der Waals surface area contributed by atoms with Crippen LogP contribution in [0.1, 0.15) is 19.4 Å². The van der Waals surface area contributed by atoms with Crippen LogP contribution in [0.4, 0.5) is 0 Å². The van der Waals surface area contributed by atoms with E-state index >= 15 is 0 Å². The fourth-order valence-corrected chi connectivity index (χ4v) is 1.72. The van der Waals surface area contributed by atoms with E-state index in [1.807, 2.05) is 32.0 Å². The van der Waals surface area contributed by atoms with Crippen molar-refractivity contribution in [3.8, 4) is 11.5 Å². The van der Waals surface area contributed by atoms with Gasteiger partial charge in [-0.15, -0.1) is 0 Å². The topological polar surface area (TPSA) is 44.5 Å². The summed E-state index contributed by atoms with van der Waals surface area (Å²) in [4.78, 5) is 0. The van der Waals surface area contributed by atoms with Crippen molar-refractivity contribution in [1.29, 1.82) is 0 Å². The van der Waals surface area contributed by atoms with Crippen molar-refractivity contribution < 1.29 is 9.47 Å². The smallest absolute Gasteiger partial charge is 0.161 e. The number of ether oxygens (including phenoxy) is 2. The van der Waals surface area contributed by atoms with E-state index in [1.54, 1.807) is 0 Å². The van der Waals surface area contributed by atoms with Gasteiger partial charge < -0.3 is 15.2 Å². The van der Waals surface area contributed by atoms with Crippen LogP contribution in [0.2, 0.25) is 0 Å². The van der Waals surface area contributed by atoms with Gasteiger partial charge in [-0.2, -0.15) is 0 Å². The molecule has 3 nitrogen and oxygen atoms in total. The Hall–Kier alpha value is -1.22. The van der Waals surface area contributed by atoms with Crippen LogP contribution in [0.5, 0.6) is 11.5 Å². The van der Waals surface area contributed by atoms with Crippen molar-refractivity contribution in [3.63, 3.8) is 0 Å². The minimum atomic E-state index is -0.191. The summed E-state index contributed by atoms with van der Waals surface area (Å²) in [6.07, 6.45) is 0.837. The first-order chi connectivity index (χ1) is 7.04. The predicted octanol–water partition coefficient (Wildman–Crippen LogP) is 1.74. The highest BCUT2D eigenvalue weighted by Crippen LogP contribution is 2.31. The van der Waals surface area contributed by atoms with Crippen LogP contribution >= 0.6 is 0 Å². The van der Waals surface area contributed by atoms with E-state index < -0.39 is 0 Å². The first-order valence-corrected chi connectivity index (χ1v) is 5.22. The molecule has 0 aromatic heterocycles. The van der Waals surface area contributed by atoms with Gasteiger partial charge in [-0.25, -0.2) is 0 Å². The molecule has 0 fully saturated rings. The molecule has 0 atom stereocenters. The fourth-order valence-electron chi connectivity index (χ4n) is 1.72. The molecule has 0 unspecified atom stereocenters. The highest BCUT2D eigenvalue weighted by molar-refractivity contribution is 5.44. The highest BCUT2D eigenvalue weighted by atomic mass is 16.6. The fraction of sp³-hybridized carbons (Fsp3) is 0.500. The van der Waals surface area contributed by atoms with Crippen molar-refractivity contribution in [3.05, 3.63) is 23.8 Å². The molecule has 82 valence electrons. The predicted molar refractivity (Wildman–Crippen MR) is 59.4 cm³/mol. The zero-order valence-electron chi connectivity index (χ0n) is 9.25. The molecule has 0 aliphatic carbocycles. The molecule has 0 bridgehead atoms. The summed E-state index contributed by atoms with van der Waals surface area (Å²) in [5.74, 6) is 1.67. The number of fused-ring (bicyclic) bond motifs is 1. The molecule has 15 heavy (non-hydrogen) atoms. The zero-order valence-corrected chi connectivity index (χ0v) is 9.25. The van der Waals surface area contributed by atoms with Gasteiger partial charge in [0.2, 0.25) is 0 Å². The van der Waals surface area contributed by atoms with Gasteiger partial charge >= 0.3 is 0 Å². The Bertz CT molecular complexity index is 355. The summed E-state index contributed by atoms with van der Waals surface area (Å²) in [6, 6.07) is 6.01. The van der Waals surface area contributed by atoms with Crippen LogP contribution in [0.3, 0.4) is 0 Å². The molecule has 0 spiro atoms. The molecule has 1 aromatic rings. The second-order valence-electron chi connectivity index (χ2n) is 4.64. The lowest BCUT2D eigenvalue weighted by atomic mass is 9.96. The Morgan fingerprint density at radius 1 is 1.20 bits per heavy atom. The van der Waals surface area contributed by atoms with Crippen LogP contribution in [0.25, 0.3) is 0 Å². The molecule has 1 heterocycles. The number of nitrogens with two attached hydrogens (primary N) is 1. The Morgan fingerprint density at radius 3 is 2.53 bits per heavy atom. The van der Waals surface area contributed by atoms with Crippen LogP contribution in [0.15, 0.2) is 18.2 Å². The molecule has 1 aliphatic heterocycles. The second kappa shape index (κ2) is 3.74. The maximum atomic E-state index is 5.97. The van der Waals surface area contributed by atoms with E-state index in [1.165, 1.54) is 5.56 Å². The molecule has 1 aliphatic rings. The SMILES string of the molecule is CC(C)(N)Cc1ccc2c(c1)OCCO2. The average Bonchev–Trinajstić information content (AvgIpc) is 2.15. The van der Waals surface area contributed by atoms with Crippen molar-refractivity contribution in [2.45, 2.75) is 25.8 Å². The van der Waals surface area contributed by atoms with Crippen molar-refractivity contribution in [2.75, 3.05) is 13.2 Å². The van der Waals surface area contributed by atoms with Gasteiger partial charge in [-0.1, -0.05) is 6.07 Å². The molecular formula is C12H17NO2.